The van der Waals surface area contributed by atoms with Gasteiger partial charge in [-0.1, -0.05) is 25.4 Å². The predicted molar refractivity (Wildman–Crippen MR) is 57.5 cm³/mol. The first kappa shape index (κ1) is 9.97. The molecule has 0 saturated heterocycles. The van der Waals surface area contributed by atoms with E-state index in [9.17, 15) is 4.39 Å². The molecule has 1 aliphatic rings. The first-order chi connectivity index (χ1) is 6.61. The van der Waals surface area contributed by atoms with Crippen LogP contribution in [0, 0.1) is 5.82 Å². The lowest BCUT2D eigenvalue weighted by Crippen LogP contribution is -2.01. The molecule has 2 heteroatoms. The second-order valence-corrected chi connectivity index (χ2v) is 4.64. The number of rotatable bonds is 1. The SMILES string of the molecule is CC(C)c1c(F)c(Cl)cc2c1CCC2. The van der Waals surface area contributed by atoms with Gasteiger partial charge in [-0.3, -0.25) is 0 Å². The minimum atomic E-state index is -0.206. The van der Waals surface area contributed by atoms with E-state index in [1.807, 2.05) is 13.8 Å². The van der Waals surface area contributed by atoms with Gasteiger partial charge in [0, 0.05) is 0 Å². The molecule has 0 spiro atoms. The molecule has 0 bridgehead atoms. The van der Waals surface area contributed by atoms with Gasteiger partial charge in [0.15, 0.2) is 0 Å². The van der Waals surface area contributed by atoms with Crippen molar-refractivity contribution >= 4 is 11.6 Å². The van der Waals surface area contributed by atoms with Crippen molar-refractivity contribution in [3.05, 3.63) is 33.6 Å². The minimum absolute atomic E-state index is 0.206. The second-order valence-electron chi connectivity index (χ2n) is 4.23. The molecule has 0 saturated carbocycles. The third-order valence-corrected chi connectivity index (χ3v) is 3.19. The zero-order valence-electron chi connectivity index (χ0n) is 8.53. The summed E-state index contributed by atoms with van der Waals surface area (Å²) in [5, 5.41) is 0.286. The predicted octanol–water partition coefficient (Wildman–Crippen LogP) is 4.09. The quantitative estimate of drug-likeness (QED) is 0.658. The molecule has 0 heterocycles. The summed E-state index contributed by atoms with van der Waals surface area (Å²) in [7, 11) is 0. The fourth-order valence-corrected chi connectivity index (χ4v) is 2.55. The van der Waals surface area contributed by atoms with Crippen molar-refractivity contribution in [2.45, 2.75) is 39.0 Å². The smallest absolute Gasteiger partial charge is 0.145 e. The summed E-state index contributed by atoms with van der Waals surface area (Å²) >= 11 is 5.87. The molecule has 0 atom stereocenters. The second kappa shape index (κ2) is 3.54. The van der Waals surface area contributed by atoms with Crippen LogP contribution in [0.5, 0.6) is 0 Å². The van der Waals surface area contributed by atoms with Crippen LogP contribution < -0.4 is 0 Å². The minimum Gasteiger partial charge on any atom is -0.205 e. The van der Waals surface area contributed by atoms with E-state index < -0.39 is 0 Å². The van der Waals surface area contributed by atoms with Crippen molar-refractivity contribution in [2.24, 2.45) is 0 Å². The van der Waals surface area contributed by atoms with E-state index in [4.69, 9.17) is 11.6 Å². The maximum absolute atomic E-state index is 13.8. The normalized spacial score (nSPS) is 14.9. The molecule has 0 aliphatic heterocycles. The highest BCUT2D eigenvalue weighted by molar-refractivity contribution is 6.30. The van der Waals surface area contributed by atoms with Crippen LogP contribution in [0.2, 0.25) is 5.02 Å². The van der Waals surface area contributed by atoms with Gasteiger partial charge in [-0.05, 0) is 47.9 Å². The Kier molecular flexibility index (Phi) is 2.52. The van der Waals surface area contributed by atoms with Crippen molar-refractivity contribution in [1.82, 2.24) is 0 Å². The number of aryl methyl sites for hydroxylation is 1. The molecule has 76 valence electrons. The fourth-order valence-electron chi connectivity index (χ4n) is 2.31. The third kappa shape index (κ3) is 1.44. The monoisotopic (exact) mass is 212 g/mol. The van der Waals surface area contributed by atoms with Crippen LogP contribution in [0.3, 0.4) is 0 Å². The van der Waals surface area contributed by atoms with E-state index in [-0.39, 0.29) is 16.8 Å². The zero-order chi connectivity index (χ0) is 10.3. The van der Waals surface area contributed by atoms with Gasteiger partial charge in [-0.2, -0.15) is 0 Å². The molecule has 2 rings (SSSR count). The summed E-state index contributed by atoms with van der Waals surface area (Å²) in [6.07, 6.45) is 3.20. The summed E-state index contributed by atoms with van der Waals surface area (Å²) in [5.74, 6) is 0.0165. The van der Waals surface area contributed by atoms with Gasteiger partial charge in [0.1, 0.15) is 5.82 Å². The molecule has 0 amide bonds. The van der Waals surface area contributed by atoms with Crippen LogP contribution in [0.4, 0.5) is 4.39 Å². The van der Waals surface area contributed by atoms with E-state index in [0.717, 1.165) is 24.8 Å². The molecule has 1 aromatic rings. The average molecular weight is 213 g/mol. The highest BCUT2D eigenvalue weighted by atomic mass is 35.5. The van der Waals surface area contributed by atoms with Crippen LogP contribution in [0.1, 0.15) is 42.9 Å². The Morgan fingerprint density at radius 2 is 2.07 bits per heavy atom. The van der Waals surface area contributed by atoms with Crippen LogP contribution >= 0.6 is 11.6 Å². The Morgan fingerprint density at radius 3 is 2.71 bits per heavy atom. The standard InChI is InChI=1S/C12H14ClF/c1-7(2)11-9-5-3-4-8(9)6-10(13)12(11)14/h6-7H,3-5H2,1-2H3. The topological polar surface area (TPSA) is 0 Å². The third-order valence-electron chi connectivity index (χ3n) is 2.91. The molecule has 0 radical (unpaired) electrons. The van der Waals surface area contributed by atoms with Gasteiger partial charge in [0.2, 0.25) is 0 Å². The van der Waals surface area contributed by atoms with E-state index in [1.54, 1.807) is 6.07 Å². The number of hydrogen-bond donors (Lipinski definition) is 0. The first-order valence-corrected chi connectivity index (χ1v) is 5.48. The van der Waals surface area contributed by atoms with Gasteiger partial charge in [0.05, 0.1) is 5.02 Å². The summed E-state index contributed by atoms with van der Waals surface area (Å²) in [4.78, 5) is 0. The number of halogens is 2. The first-order valence-electron chi connectivity index (χ1n) is 5.11. The highest BCUT2D eigenvalue weighted by Crippen LogP contribution is 2.35. The Balaban J connectivity index is 2.66. The summed E-state index contributed by atoms with van der Waals surface area (Å²) < 4.78 is 13.8. The molecule has 0 nitrogen and oxygen atoms in total. The van der Waals surface area contributed by atoms with Crippen molar-refractivity contribution < 1.29 is 4.39 Å². The van der Waals surface area contributed by atoms with Gasteiger partial charge in [0.25, 0.3) is 0 Å². The van der Waals surface area contributed by atoms with Crippen LogP contribution in [0.15, 0.2) is 6.07 Å². The lowest BCUT2D eigenvalue weighted by Gasteiger charge is -2.14. The van der Waals surface area contributed by atoms with Crippen molar-refractivity contribution in [2.75, 3.05) is 0 Å². The maximum Gasteiger partial charge on any atom is 0.145 e. The summed E-state index contributed by atoms with van der Waals surface area (Å²) in [6, 6.07) is 1.80. The highest BCUT2D eigenvalue weighted by Gasteiger charge is 2.22. The Bertz CT molecular complexity index is 369. The van der Waals surface area contributed by atoms with E-state index in [0.29, 0.717) is 0 Å². The summed E-state index contributed by atoms with van der Waals surface area (Å²) in [6.45, 7) is 4.04. The fraction of sp³-hybridized carbons (Fsp3) is 0.500. The van der Waals surface area contributed by atoms with Gasteiger partial charge < -0.3 is 0 Å². The van der Waals surface area contributed by atoms with Crippen molar-refractivity contribution in [1.29, 1.82) is 0 Å². The largest absolute Gasteiger partial charge is 0.205 e. The summed E-state index contributed by atoms with van der Waals surface area (Å²) in [5.41, 5.74) is 3.30. The molecular formula is C12H14ClF. The molecule has 1 aromatic carbocycles. The number of hydrogen-bond acceptors (Lipinski definition) is 0. The lowest BCUT2D eigenvalue weighted by atomic mass is 9.94. The molecular weight excluding hydrogens is 199 g/mol. The molecule has 0 unspecified atom stereocenters. The molecule has 0 N–H and O–H groups in total. The lowest BCUT2D eigenvalue weighted by molar-refractivity contribution is 0.594. The molecule has 1 aliphatic carbocycles. The van der Waals surface area contributed by atoms with E-state index >= 15 is 0 Å². The zero-order valence-corrected chi connectivity index (χ0v) is 9.29. The average Bonchev–Trinajstić information content (AvgIpc) is 2.52. The van der Waals surface area contributed by atoms with Crippen molar-refractivity contribution in [3.63, 3.8) is 0 Å². The van der Waals surface area contributed by atoms with Crippen LogP contribution in [-0.2, 0) is 12.8 Å². The van der Waals surface area contributed by atoms with Crippen LogP contribution in [-0.4, -0.2) is 0 Å². The molecule has 0 aromatic heterocycles. The van der Waals surface area contributed by atoms with Gasteiger partial charge >= 0.3 is 0 Å². The Hall–Kier alpha value is -0.560. The number of fused-ring (bicyclic) bond motifs is 1. The van der Waals surface area contributed by atoms with Crippen LogP contribution in [0.25, 0.3) is 0 Å². The Labute approximate surface area is 89.1 Å². The van der Waals surface area contributed by atoms with Gasteiger partial charge in [-0.15, -0.1) is 0 Å². The maximum atomic E-state index is 13.8. The molecule has 14 heavy (non-hydrogen) atoms. The Morgan fingerprint density at radius 1 is 1.36 bits per heavy atom. The van der Waals surface area contributed by atoms with Crippen molar-refractivity contribution in [3.8, 4) is 0 Å². The van der Waals surface area contributed by atoms with E-state index in [1.165, 1.54) is 11.1 Å². The van der Waals surface area contributed by atoms with E-state index in [2.05, 4.69) is 0 Å². The van der Waals surface area contributed by atoms with Gasteiger partial charge in [-0.25, -0.2) is 4.39 Å². The molecule has 0 fully saturated rings. The number of benzene rings is 1.